The molecule has 3 rings (SSSR count). The largest absolute Gasteiger partial charge is 0.508 e. The lowest BCUT2D eigenvalue weighted by molar-refractivity contribution is -0.0195. The van der Waals surface area contributed by atoms with Crippen molar-refractivity contribution in [2.24, 2.45) is 5.73 Å². The highest BCUT2D eigenvalue weighted by atomic mass is 19.2. The molecule has 0 saturated carbocycles. The molecule has 1 fully saturated rings. The number of piperazine rings is 1. The minimum atomic E-state index is -0.814. The van der Waals surface area contributed by atoms with Gasteiger partial charge in [-0.3, -0.25) is 15.2 Å². The van der Waals surface area contributed by atoms with Crippen molar-refractivity contribution in [1.29, 1.82) is 5.41 Å². The van der Waals surface area contributed by atoms with Crippen LogP contribution in [0, 0.1) is 5.41 Å². The van der Waals surface area contributed by atoms with Crippen molar-refractivity contribution < 1.29 is 19.5 Å². The molecule has 1 aromatic rings. The molecule has 0 unspecified atom stereocenters. The van der Waals surface area contributed by atoms with Gasteiger partial charge in [0.2, 0.25) is 0 Å². The van der Waals surface area contributed by atoms with Crippen LogP contribution in [0.25, 0.3) is 0 Å². The molecule has 0 radical (unpaired) electrons. The fourth-order valence-electron chi connectivity index (χ4n) is 3.92. The molecule has 9 heteroatoms. The van der Waals surface area contributed by atoms with Gasteiger partial charge in [-0.1, -0.05) is 25.5 Å². The number of carbonyl (C=O) groups excluding carboxylic acids is 1. The van der Waals surface area contributed by atoms with E-state index in [0.29, 0.717) is 50.3 Å². The van der Waals surface area contributed by atoms with Crippen LogP contribution in [0.4, 0.5) is 9.28 Å². The van der Waals surface area contributed by atoms with Crippen molar-refractivity contribution in [3.8, 4) is 11.5 Å². The number of nitrogens with zero attached hydrogens (tertiary/aromatic N) is 3. The lowest BCUT2D eigenvalue weighted by Crippen LogP contribution is -2.43. The molecule has 0 spiro atoms. The first-order valence-corrected chi connectivity index (χ1v) is 10.4. The average Bonchev–Trinajstić information content (AvgIpc) is 2.70. The fourth-order valence-corrected chi connectivity index (χ4v) is 3.92. The third-order valence-corrected chi connectivity index (χ3v) is 5.71. The van der Waals surface area contributed by atoms with Gasteiger partial charge in [0.15, 0.2) is 0 Å². The van der Waals surface area contributed by atoms with E-state index >= 15 is 0 Å². The maximum Gasteiger partial charge on any atom is 0.324 e. The maximum atomic E-state index is 13.2. The summed E-state index contributed by atoms with van der Waals surface area (Å²) in [4.78, 5) is 15.5. The second kappa shape index (κ2) is 9.49. The molecule has 8 nitrogen and oxygen atoms in total. The molecular formula is C22H30FN5O3. The molecule has 1 aromatic carbocycles. The Kier molecular flexibility index (Phi) is 6.97. The summed E-state index contributed by atoms with van der Waals surface area (Å²) in [5.41, 5.74) is 8.01. The molecule has 1 aliphatic heterocycles. The van der Waals surface area contributed by atoms with Gasteiger partial charge in [-0.25, -0.2) is 4.79 Å². The van der Waals surface area contributed by atoms with E-state index in [-0.39, 0.29) is 28.8 Å². The standard InChI is InChI=1S/C22H30FN5O3/c1-14(2)17-11-18(20(30)12-19(17)29)21(24)28(22(25)31)16-5-3-15(4-6-16)13-26-7-9-27(23)10-8-26/h3,5,11-12,14,24,29-30H,4,6-10,13H2,1-2H3,(H2,25,31). The van der Waals surface area contributed by atoms with Gasteiger partial charge in [-0.05, 0) is 36.5 Å². The van der Waals surface area contributed by atoms with Crippen molar-refractivity contribution in [2.45, 2.75) is 32.6 Å². The summed E-state index contributed by atoms with van der Waals surface area (Å²) >= 11 is 0. The van der Waals surface area contributed by atoms with Crippen LogP contribution in [0.2, 0.25) is 0 Å². The molecule has 0 atom stereocenters. The number of amides is 2. The third kappa shape index (κ3) is 5.23. The number of benzene rings is 1. The molecule has 5 N–H and O–H groups in total. The first kappa shape index (κ1) is 22.8. The Morgan fingerprint density at radius 3 is 2.39 bits per heavy atom. The normalized spacial score (nSPS) is 17.9. The Morgan fingerprint density at radius 2 is 1.84 bits per heavy atom. The SMILES string of the molecule is CC(C)c1cc(C(=N)N(C(N)=O)C2=CC=C(CN3CCN(F)CC3)CC2)c(O)cc1O. The van der Waals surface area contributed by atoms with Gasteiger partial charge in [0.25, 0.3) is 0 Å². The number of urea groups is 1. The Balaban J connectivity index is 1.80. The van der Waals surface area contributed by atoms with Gasteiger partial charge in [-0.2, -0.15) is 0 Å². The topological polar surface area (TPSA) is 117 Å². The van der Waals surface area contributed by atoms with Crippen molar-refractivity contribution in [1.82, 2.24) is 14.9 Å². The Labute approximate surface area is 181 Å². The number of nitrogens with two attached hydrogens (primary N) is 1. The van der Waals surface area contributed by atoms with E-state index in [1.807, 2.05) is 19.9 Å². The minimum Gasteiger partial charge on any atom is -0.508 e. The lowest BCUT2D eigenvalue weighted by atomic mass is 9.97. The number of hydrogen-bond donors (Lipinski definition) is 4. The van der Waals surface area contributed by atoms with Crippen LogP contribution in [0.1, 0.15) is 43.7 Å². The maximum absolute atomic E-state index is 13.2. The quantitative estimate of drug-likeness (QED) is 0.325. The number of phenolic OH excluding ortho intramolecular Hbond substituents is 2. The van der Waals surface area contributed by atoms with Gasteiger partial charge >= 0.3 is 6.03 Å². The number of nitrogens with one attached hydrogen (secondary N) is 1. The Morgan fingerprint density at radius 1 is 1.16 bits per heavy atom. The van der Waals surface area contributed by atoms with Crippen molar-refractivity contribution in [3.05, 3.63) is 46.7 Å². The first-order valence-electron chi connectivity index (χ1n) is 10.4. The number of primary amides is 1. The monoisotopic (exact) mass is 431 g/mol. The van der Waals surface area contributed by atoms with Crippen LogP contribution in [0.15, 0.2) is 35.6 Å². The molecule has 1 saturated heterocycles. The number of phenols is 2. The van der Waals surface area contributed by atoms with E-state index in [1.54, 1.807) is 6.08 Å². The molecule has 0 aromatic heterocycles. The highest BCUT2D eigenvalue weighted by Crippen LogP contribution is 2.34. The zero-order valence-corrected chi connectivity index (χ0v) is 17.9. The summed E-state index contributed by atoms with van der Waals surface area (Å²) in [6.07, 6.45) is 4.89. The van der Waals surface area contributed by atoms with Gasteiger partial charge in [-0.15, -0.1) is 9.60 Å². The number of amidine groups is 1. The number of hydrogen-bond acceptors (Lipinski definition) is 6. The second-order valence-corrected chi connectivity index (χ2v) is 8.27. The van der Waals surface area contributed by atoms with E-state index < -0.39 is 6.03 Å². The second-order valence-electron chi connectivity index (χ2n) is 8.27. The number of allylic oxidation sites excluding steroid dienone is 3. The van der Waals surface area contributed by atoms with Crippen LogP contribution >= 0.6 is 0 Å². The summed E-state index contributed by atoms with van der Waals surface area (Å²) in [5, 5.41) is 29.7. The molecular weight excluding hydrogens is 401 g/mol. The minimum absolute atomic E-state index is 0.0344. The summed E-state index contributed by atoms with van der Waals surface area (Å²) in [6, 6.07) is 1.89. The van der Waals surface area contributed by atoms with Crippen molar-refractivity contribution in [2.75, 3.05) is 32.7 Å². The third-order valence-electron chi connectivity index (χ3n) is 5.71. The predicted octanol–water partition coefficient (Wildman–Crippen LogP) is 3.03. The van der Waals surface area contributed by atoms with E-state index in [2.05, 4.69) is 4.90 Å². The average molecular weight is 432 g/mol. The van der Waals surface area contributed by atoms with Crippen LogP contribution in [0.3, 0.4) is 0 Å². The van der Waals surface area contributed by atoms with E-state index in [1.165, 1.54) is 17.7 Å². The lowest BCUT2D eigenvalue weighted by Gasteiger charge is -2.32. The molecule has 2 aliphatic rings. The number of carbonyl (C=O) groups is 1. The van der Waals surface area contributed by atoms with Crippen LogP contribution in [-0.2, 0) is 0 Å². The van der Waals surface area contributed by atoms with Gasteiger partial charge < -0.3 is 15.9 Å². The molecule has 1 aliphatic carbocycles. The van der Waals surface area contributed by atoms with E-state index in [9.17, 15) is 19.5 Å². The number of aromatic hydroxyl groups is 2. The van der Waals surface area contributed by atoms with Crippen LogP contribution in [0.5, 0.6) is 11.5 Å². The van der Waals surface area contributed by atoms with Crippen molar-refractivity contribution in [3.63, 3.8) is 0 Å². The highest BCUT2D eigenvalue weighted by molar-refractivity contribution is 6.08. The summed E-state index contributed by atoms with van der Waals surface area (Å²) in [5.74, 6) is -0.632. The Hall–Kier alpha value is -2.91. The zero-order chi connectivity index (χ0) is 22.7. The van der Waals surface area contributed by atoms with Crippen LogP contribution in [-0.4, -0.2) is 69.7 Å². The Bertz CT molecular complexity index is 920. The van der Waals surface area contributed by atoms with Crippen molar-refractivity contribution >= 4 is 11.9 Å². The predicted molar refractivity (Wildman–Crippen MR) is 117 cm³/mol. The summed E-state index contributed by atoms with van der Waals surface area (Å²) < 4.78 is 13.2. The smallest absolute Gasteiger partial charge is 0.324 e. The van der Waals surface area contributed by atoms with E-state index in [4.69, 9.17) is 11.1 Å². The summed E-state index contributed by atoms with van der Waals surface area (Å²) in [7, 11) is 0. The van der Waals surface area contributed by atoms with Gasteiger partial charge in [0.05, 0.1) is 5.56 Å². The molecule has 1 heterocycles. The number of rotatable bonds is 5. The number of halogens is 1. The summed E-state index contributed by atoms with van der Waals surface area (Å²) in [6.45, 7) is 6.64. The molecule has 31 heavy (non-hydrogen) atoms. The zero-order valence-electron chi connectivity index (χ0n) is 17.9. The molecule has 0 bridgehead atoms. The molecule has 168 valence electrons. The first-order chi connectivity index (χ1) is 14.7. The van der Waals surface area contributed by atoms with E-state index in [0.717, 1.165) is 16.6 Å². The van der Waals surface area contributed by atoms with Gasteiger partial charge in [0.1, 0.15) is 17.3 Å². The van der Waals surface area contributed by atoms with Gasteiger partial charge in [0, 0.05) is 44.5 Å². The molecule has 2 amide bonds. The van der Waals surface area contributed by atoms with Crippen LogP contribution < -0.4 is 5.73 Å². The highest BCUT2D eigenvalue weighted by Gasteiger charge is 2.26. The fraction of sp³-hybridized carbons (Fsp3) is 0.455.